The Morgan fingerprint density at radius 1 is 0.963 bits per heavy atom. The fraction of sp³-hybridized carbons (Fsp3) is 0.273. The van der Waals surface area contributed by atoms with Crippen molar-refractivity contribution in [3.05, 3.63) is 77.5 Å². The number of carbonyl (C=O) groups is 2. The van der Waals surface area contributed by atoms with Gasteiger partial charge in [-0.15, -0.1) is 0 Å². The summed E-state index contributed by atoms with van der Waals surface area (Å²) in [6.45, 7) is 4.88. The molecular formula is C22H24N2O3. The van der Waals surface area contributed by atoms with Crippen molar-refractivity contribution in [3.8, 4) is 0 Å². The molecule has 140 valence electrons. The number of hydrogen-bond acceptors (Lipinski definition) is 3. The Labute approximate surface area is 159 Å². The molecule has 0 aliphatic carbocycles. The van der Waals surface area contributed by atoms with Gasteiger partial charge in [0.1, 0.15) is 5.70 Å². The molecular weight excluding hydrogens is 340 g/mol. The second-order valence-electron chi connectivity index (χ2n) is 6.76. The van der Waals surface area contributed by atoms with Crippen LogP contribution >= 0.6 is 0 Å². The maximum atomic E-state index is 13.1. The summed E-state index contributed by atoms with van der Waals surface area (Å²) in [6.07, 6.45) is 1.63. The summed E-state index contributed by atoms with van der Waals surface area (Å²) in [4.78, 5) is 27.5. The summed E-state index contributed by atoms with van der Waals surface area (Å²) in [6, 6.07) is 18.4. The first-order chi connectivity index (χ1) is 13.0. The predicted molar refractivity (Wildman–Crippen MR) is 105 cm³/mol. The van der Waals surface area contributed by atoms with Crippen LogP contribution in [0, 0.1) is 0 Å². The zero-order valence-electron chi connectivity index (χ0n) is 15.6. The molecule has 1 heterocycles. The molecule has 0 radical (unpaired) electrons. The predicted octanol–water partition coefficient (Wildman–Crippen LogP) is 3.09. The fourth-order valence-corrected chi connectivity index (χ4v) is 3.17. The monoisotopic (exact) mass is 364 g/mol. The van der Waals surface area contributed by atoms with Gasteiger partial charge in [0, 0.05) is 18.7 Å². The third-order valence-corrected chi connectivity index (χ3v) is 4.33. The smallest absolute Gasteiger partial charge is 0.270 e. The van der Waals surface area contributed by atoms with Crippen molar-refractivity contribution in [2.75, 3.05) is 13.1 Å². The SMILES string of the molecule is C[C@@H]1CN(C(=O)C(=Cc2ccccc2)NC(=O)c2ccccc2)C[C@@H](C)O1. The van der Waals surface area contributed by atoms with Crippen LogP contribution in [0.25, 0.3) is 6.08 Å². The van der Waals surface area contributed by atoms with E-state index in [1.54, 1.807) is 35.2 Å². The molecule has 1 N–H and O–H groups in total. The number of nitrogens with zero attached hydrogens (tertiary/aromatic N) is 1. The summed E-state index contributed by atoms with van der Waals surface area (Å²) < 4.78 is 5.71. The van der Waals surface area contributed by atoms with E-state index < -0.39 is 0 Å². The zero-order valence-corrected chi connectivity index (χ0v) is 15.6. The average Bonchev–Trinajstić information content (AvgIpc) is 2.67. The maximum absolute atomic E-state index is 13.1. The molecule has 27 heavy (non-hydrogen) atoms. The number of carbonyl (C=O) groups excluding carboxylic acids is 2. The topological polar surface area (TPSA) is 58.6 Å². The molecule has 1 aliphatic rings. The molecule has 0 aromatic heterocycles. The highest BCUT2D eigenvalue weighted by Crippen LogP contribution is 2.15. The molecule has 1 saturated heterocycles. The van der Waals surface area contributed by atoms with E-state index in [1.165, 1.54) is 0 Å². The van der Waals surface area contributed by atoms with E-state index >= 15 is 0 Å². The number of morpholine rings is 1. The van der Waals surface area contributed by atoms with Crippen LogP contribution < -0.4 is 5.32 Å². The second kappa shape index (κ2) is 8.64. The number of benzene rings is 2. The Kier molecular flexibility index (Phi) is 6.04. The Hall–Kier alpha value is -2.92. The Bertz CT molecular complexity index is 808. The molecule has 0 spiro atoms. The molecule has 1 fully saturated rings. The molecule has 0 unspecified atom stereocenters. The summed E-state index contributed by atoms with van der Waals surface area (Å²) in [5.41, 5.74) is 1.62. The van der Waals surface area contributed by atoms with E-state index in [-0.39, 0.29) is 29.7 Å². The van der Waals surface area contributed by atoms with E-state index in [0.29, 0.717) is 18.7 Å². The fourth-order valence-electron chi connectivity index (χ4n) is 3.17. The van der Waals surface area contributed by atoms with Crippen LogP contribution in [0.15, 0.2) is 66.4 Å². The van der Waals surface area contributed by atoms with Gasteiger partial charge in [-0.2, -0.15) is 0 Å². The second-order valence-corrected chi connectivity index (χ2v) is 6.76. The van der Waals surface area contributed by atoms with E-state index in [4.69, 9.17) is 4.74 Å². The lowest BCUT2D eigenvalue weighted by atomic mass is 10.1. The number of rotatable bonds is 4. The number of amides is 2. The van der Waals surface area contributed by atoms with Crippen LogP contribution in [-0.4, -0.2) is 42.0 Å². The molecule has 0 saturated carbocycles. The molecule has 5 nitrogen and oxygen atoms in total. The molecule has 1 aliphatic heterocycles. The van der Waals surface area contributed by atoms with Gasteiger partial charge in [-0.25, -0.2) is 0 Å². The lowest BCUT2D eigenvalue weighted by molar-refractivity contribution is -0.139. The summed E-state index contributed by atoms with van der Waals surface area (Å²) in [5.74, 6) is -0.509. The number of hydrogen-bond donors (Lipinski definition) is 1. The van der Waals surface area contributed by atoms with Gasteiger partial charge in [0.2, 0.25) is 0 Å². The molecule has 2 aromatic carbocycles. The normalized spacial score (nSPS) is 20.2. The first kappa shape index (κ1) is 18.9. The summed E-state index contributed by atoms with van der Waals surface area (Å²) in [5, 5.41) is 2.80. The first-order valence-corrected chi connectivity index (χ1v) is 9.11. The van der Waals surface area contributed by atoms with Crippen molar-refractivity contribution < 1.29 is 14.3 Å². The highest BCUT2D eigenvalue weighted by Gasteiger charge is 2.28. The van der Waals surface area contributed by atoms with Crippen molar-refractivity contribution >= 4 is 17.9 Å². The van der Waals surface area contributed by atoms with Crippen LogP contribution in [0.1, 0.15) is 29.8 Å². The highest BCUT2D eigenvalue weighted by molar-refractivity contribution is 6.05. The Morgan fingerprint density at radius 3 is 2.11 bits per heavy atom. The van der Waals surface area contributed by atoms with Crippen LogP contribution in [0.2, 0.25) is 0 Å². The van der Waals surface area contributed by atoms with E-state index in [1.807, 2.05) is 50.2 Å². The van der Waals surface area contributed by atoms with Gasteiger partial charge < -0.3 is 15.0 Å². The van der Waals surface area contributed by atoms with Gasteiger partial charge >= 0.3 is 0 Å². The van der Waals surface area contributed by atoms with Gasteiger partial charge in [-0.1, -0.05) is 48.5 Å². The molecule has 2 atom stereocenters. The number of ether oxygens (including phenoxy) is 1. The average molecular weight is 364 g/mol. The zero-order chi connectivity index (χ0) is 19.2. The lowest BCUT2D eigenvalue weighted by Crippen LogP contribution is -2.50. The van der Waals surface area contributed by atoms with E-state index in [2.05, 4.69) is 5.32 Å². The Balaban J connectivity index is 1.87. The molecule has 5 heteroatoms. The van der Waals surface area contributed by atoms with Crippen molar-refractivity contribution in [2.24, 2.45) is 0 Å². The molecule has 2 amide bonds. The standard InChI is InChI=1S/C22H24N2O3/c1-16-14-24(15-17(2)27-16)22(26)20(13-18-9-5-3-6-10-18)23-21(25)19-11-7-4-8-12-19/h3-13,16-17H,14-15H2,1-2H3,(H,23,25)/t16-,17-/m1/s1. The molecule has 3 rings (SSSR count). The van der Waals surface area contributed by atoms with Gasteiger partial charge in [-0.3, -0.25) is 9.59 Å². The quantitative estimate of drug-likeness (QED) is 0.848. The van der Waals surface area contributed by atoms with Crippen LogP contribution in [-0.2, 0) is 9.53 Å². The minimum atomic E-state index is -0.305. The van der Waals surface area contributed by atoms with E-state index in [9.17, 15) is 9.59 Å². The lowest BCUT2D eigenvalue weighted by Gasteiger charge is -2.35. The maximum Gasteiger partial charge on any atom is 0.270 e. The molecule has 0 bridgehead atoms. The van der Waals surface area contributed by atoms with Crippen molar-refractivity contribution in [1.29, 1.82) is 0 Å². The Morgan fingerprint density at radius 2 is 1.52 bits per heavy atom. The van der Waals surface area contributed by atoms with Crippen molar-refractivity contribution in [2.45, 2.75) is 26.1 Å². The first-order valence-electron chi connectivity index (χ1n) is 9.11. The van der Waals surface area contributed by atoms with Crippen LogP contribution in [0.4, 0.5) is 0 Å². The van der Waals surface area contributed by atoms with Crippen molar-refractivity contribution in [1.82, 2.24) is 10.2 Å². The highest BCUT2D eigenvalue weighted by atomic mass is 16.5. The third kappa shape index (κ3) is 5.05. The summed E-state index contributed by atoms with van der Waals surface area (Å²) in [7, 11) is 0. The molecule has 2 aromatic rings. The van der Waals surface area contributed by atoms with Gasteiger partial charge in [0.05, 0.1) is 12.2 Å². The minimum Gasteiger partial charge on any atom is -0.372 e. The third-order valence-electron chi connectivity index (χ3n) is 4.33. The van der Waals surface area contributed by atoms with Gasteiger partial charge in [0.15, 0.2) is 0 Å². The van der Waals surface area contributed by atoms with Gasteiger partial charge in [-0.05, 0) is 37.6 Å². The van der Waals surface area contributed by atoms with Crippen LogP contribution in [0.3, 0.4) is 0 Å². The van der Waals surface area contributed by atoms with E-state index in [0.717, 1.165) is 5.56 Å². The van der Waals surface area contributed by atoms with Gasteiger partial charge in [0.25, 0.3) is 11.8 Å². The summed E-state index contributed by atoms with van der Waals surface area (Å²) >= 11 is 0. The minimum absolute atomic E-state index is 0.0412. The largest absolute Gasteiger partial charge is 0.372 e. The van der Waals surface area contributed by atoms with Crippen LogP contribution in [0.5, 0.6) is 0 Å². The number of nitrogens with one attached hydrogen (secondary N) is 1. The van der Waals surface area contributed by atoms with Crippen molar-refractivity contribution in [3.63, 3.8) is 0 Å².